The molecule has 88 valence electrons. The summed E-state index contributed by atoms with van der Waals surface area (Å²) in [6.07, 6.45) is -4.53. The third-order valence-electron chi connectivity index (χ3n) is 1.86. The summed E-state index contributed by atoms with van der Waals surface area (Å²) in [5, 5.41) is 11.0. The van der Waals surface area contributed by atoms with Crippen molar-refractivity contribution in [3.05, 3.63) is 29.8 Å². The first-order valence-electron chi connectivity index (χ1n) is 4.52. The number of benzene rings is 1. The average Bonchev–Trinajstić information content (AvgIpc) is 2.16. The minimum atomic E-state index is -4.38. The Morgan fingerprint density at radius 3 is 2.62 bits per heavy atom. The summed E-state index contributed by atoms with van der Waals surface area (Å²) in [6, 6.07) is 4.63. The molecule has 0 radical (unpaired) electrons. The highest BCUT2D eigenvalue weighted by Crippen LogP contribution is 2.30. The number of alkyl halides is 3. The largest absolute Gasteiger partial charge is 0.481 e. The second-order valence-electron chi connectivity index (χ2n) is 3.15. The van der Waals surface area contributed by atoms with Crippen molar-refractivity contribution >= 4 is 11.7 Å². The molecule has 1 aromatic rings. The topological polar surface area (TPSA) is 49.3 Å². The predicted molar refractivity (Wildman–Crippen MR) is 52.2 cm³/mol. The predicted octanol–water partition coefficient (Wildman–Crippen LogP) is 2.59. The Labute approximate surface area is 89.9 Å². The summed E-state index contributed by atoms with van der Waals surface area (Å²) in [5.41, 5.74) is -0.496. The van der Waals surface area contributed by atoms with E-state index < -0.39 is 17.7 Å². The molecule has 0 aromatic heterocycles. The molecule has 0 aliphatic carbocycles. The molecule has 0 aliphatic rings. The van der Waals surface area contributed by atoms with Gasteiger partial charge in [0.2, 0.25) is 0 Å². The Morgan fingerprint density at radius 1 is 1.38 bits per heavy atom. The number of rotatable bonds is 4. The number of nitrogens with one attached hydrogen (secondary N) is 1. The summed E-state index contributed by atoms with van der Waals surface area (Å²) in [5.74, 6) is -1.00. The van der Waals surface area contributed by atoms with E-state index in [-0.39, 0.29) is 18.7 Å². The fraction of sp³-hybridized carbons (Fsp3) is 0.300. The van der Waals surface area contributed by atoms with E-state index in [0.717, 1.165) is 12.1 Å². The first kappa shape index (κ1) is 12.4. The van der Waals surface area contributed by atoms with Crippen LogP contribution in [0.25, 0.3) is 0 Å². The molecule has 0 saturated heterocycles. The van der Waals surface area contributed by atoms with Crippen LogP contribution in [0.15, 0.2) is 24.3 Å². The first-order chi connectivity index (χ1) is 7.39. The SMILES string of the molecule is O=C(O)CCNc1cccc(C(F)(F)F)c1. The Bertz CT molecular complexity index is 377. The van der Waals surface area contributed by atoms with Crippen LogP contribution in [0.3, 0.4) is 0 Å². The van der Waals surface area contributed by atoms with Gasteiger partial charge in [-0.3, -0.25) is 4.79 Å². The highest BCUT2D eigenvalue weighted by atomic mass is 19.4. The van der Waals surface area contributed by atoms with E-state index in [0.29, 0.717) is 0 Å². The molecule has 0 bridgehead atoms. The lowest BCUT2D eigenvalue weighted by Gasteiger charge is -2.09. The molecule has 0 aliphatic heterocycles. The summed E-state index contributed by atoms with van der Waals surface area (Å²) in [6.45, 7) is 0.0939. The van der Waals surface area contributed by atoms with Crippen molar-refractivity contribution in [2.24, 2.45) is 0 Å². The van der Waals surface area contributed by atoms with Crippen LogP contribution < -0.4 is 5.32 Å². The van der Waals surface area contributed by atoms with Gasteiger partial charge in [-0.15, -0.1) is 0 Å². The van der Waals surface area contributed by atoms with Crippen molar-refractivity contribution in [2.45, 2.75) is 12.6 Å². The zero-order valence-electron chi connectivity index (χ0n) is 8.21. The fourth-order valence-electron chi connectivity index (χ4n) is 1.12. The lowest BCUT2D eigenvalue weighted by Crippen LogP contribution is -2.09. The van der Waals surface area contributed by atoms with Gasteiger partial charge in [-0.05, 0) is 18.2 Å². The number of aliphatic carboxylic acids is 1. The van der Waals surface area contributed by atoms with Crippen LogP contribution in [0.5, 0.6) is 0 Å². The Morgan fingerprint density at radius 2 is 2.06 bits per heavy atom. The number of halogens is 3. The smallest absolute Gasteiger partial charge is 0.416 e. The maximum atomic E-state index is 12.3. The van der Waals surface area contributed by atoms with Crippen molar-refractivity contribution in [1.82, 2.24) is 0 Å². The summed E-state index contributed by atoms with van der Waals surface area (Å²) in [7, 11) is 0. The fourth-order valence-corrected chi connectivity index (χ4v) is 1.12. The number of hydrogen-bond acceptors (Lipinski definition) is 2. The maximum Gasteiger partial charge on any atom is 0.416 e. The molecule has 16 heavy (non-hydrogen) atoms. The zero-order valence-corrected chi connectivity index (χ0v) is 8.21. The molecular weight excluding hydrogens is 223 g/mol. The van der Waals surface area contributed by atoms with Gasteiger partial charge in [-0.25, -0.2) is 0 Å². The van der Waals surface area contributed by atoms with Crippen molar-refractivity contribution in [3.63, 3.8) is 0 Å². The van der Waals surface area contributed by atoms with Crippen LogP contribution in [0.1, 0.15) is 12.0 Å². The van der Waals surface area contributed by atoms with Gasteiger partial charge in [0.05, 0.1) is 12.0 Å². The molecule has 0 unspecified atom stereocenters. The average molecular weight is 233 g/mol. The van der Waals surface area contributed by atoms with Gasteiger partial charge in [0, 0.05) is 12.2 Å². The van der Waals surface area contributed by atoms with E-state index >= 15 is 0 Å². The number of carboxylic acid groups (broad SMARTS) is 1. The van der Waals surface area contributed by atoms with E-state index in [1.165, 1.54) is 12.1 Å². The van der Waals surface area contributed by atoms with E-state index in [1.54, 1.807) is 0 Å². The van der Waals surface area contributed by atoms with Crippen molar-refractivity contribution in [1.29, 1.82) is 0 Å². The van der Waals surface area contributed by atoms with Gasteiger partial charge in [0.1, 0.15) is 0 Å². The van der Waals surface area contributed by atoms with Crippen LogP contribution in [0, 0.1) is 0 Å². The number of hydrogen-bond donors (Lipinski definition) is 2. The normalized spacial score (nSPS) is 11.2. The monoisotopic (exact) mass is 233 g/mol. The summed E-state index contributed by atoms with van der Waals surface area (Å²) < 4.78 is 36.9. The molecule has 0 saturated carbocycles. The van der Waals surface area contributed by atoms with Crippen molar-refractivity contribution < 1.29 is 23.1 Å². The van der Waals surface area contributed by atoms with Crippen LogP contribution in [-0.4, -0.2) is 17.6 Å². The van der Waals surface area contributed by atoms with Crippen LogP contribution in [-0.2, 0) is 11.0 Å². The molecule has 0 fully saturated rings. The summed E-state index contributed by atoms with van der Waals surface area (Å²) >= 11 is 0. The maximum absolute atomic E-state index is 12.3. The van der Waals surface area contributed by atoms with Gasteiger partial charge in [-0.2, -0.15) is 13.2 Å². The van der Waals surface area contributed by atoms with Gasteiger partial charge < -0.3 is 10.4 Å². The first-order valence-corrected chi connectivity index (χ1v) is 4.52. The van der Waals surface area contributed by atoms with Crippen molar-refractivity contribution in [3.8, 4) is 0 Å². The molecule has 1 rings (SSSR count). The lowest BCUT2D eigenvalue weighted by atomic mass is 10.2. The third kappa shape index (κ3) is 3.80. The highest BCUT2D eigenvalue weighted by Gasteiger charge is 2.30. The second-order valence-corrected chi connectivity index (χ2v) is 3.15. The van der Waals surface area contributed by atoms with Gasteiger partial charge >= 0.3 is 12.1 Å². The number of carbonyl (C=O) groups is 1. The Hall–Kier alpha value is -1.72. The van der Waals surface area contributed by atoms with E-state index in [1.807, 2.05) is 0 Å². The quantitative estimate of drug-likeness (QED) is 0.840. The Kier molecular flexibility index (Phi) is 3.76. The van der Waals surface area contributed by atoms with Crippen LogP contribution >= 0.6 is 0 Å². The molecule has 0 spiro atoms. The van der Waals surface area contributed by atoms with Gasteiger partial charge in [0.15, 0.2) is 0 Å². The minimum Gasteiger partial charge on any atom is -0.481 e. The third-order valence-corrected chi connectivity index (χ3v) is 1.86. The standard InChI is InChI=1S/C10H10F3NO2/c11-10(12,13)7-2-1-3-8(6-7)14-5-4-9(15)16/h1-3,6,14H,4-5H2,(H,15,16). The molecule has 6 heteroatoms. The number of anilines is 1. The number of carboxylic acids is 1. The minimum absolute atomic E-state index is 0.0939. The molecular formula is C10H10F3NO2. The molecule has 0 atom stereocenters. The lowest BCUT2D eigenvalue weighted by molar-refractivity contribution is -0.138. The van der Waals surface area contributed by atoms with Crippen LogP contribution in [0.4, 0.5) is 18.9 Å². The zero-order chi connectivity index (χ0) is 12.2. The highest BCUT2D eigenvalue weighted by molar-refractivity contribution is 5.67. The van der Waals surface area contributed by atoms with E-state index in [4.69, 9.17) is 5.11 Å². The molecule has 0 heterocycles. The van der Waals surface area contributed by atoms with E-state index in [2.05, 4.69) is 5.32 Å². The second kappa shape index (κ2) is 4.87. The molecule has 3 nitrogen and oxygen atoms in total. The van der Waals surface area contributed by atoms with Gasteiger partial charge in [-0.1, -0.05) is 6.07 Å². The molecule has 0 amide bonds. The van der Waals surface area contributed by atoms with Gasteiger partial charge in [0.25, 0.3) is 0 Å². The molecule has 2 N–H and O–H groups in total. The van der Waals surface area contributed by atoms with Crippen LogP contribution in [0.2, 0.25) is 0 Å². The summed E-state index contributed by atoms with van der Waals surface area (Å²) in [4.78, 5) is 10.2. The van der Waals surface area contributed by atoms with Crippen molar-refractivity contribution in [2.75, 3.05) is 11.9 Å². The molecule has 1 aromatic carbocycles. The van der Waals surface area contributed by atoms with E-state index in [9.17, 15) is 18.0 Å². The Balaban J connectivity index is 2.64.